The van der Waals surface area contributed by atoms with Gasteiger partial charge in [0, 0.05) is 26.7 Å². The molecule has 1 fully saturated rings. The highest BCUT2D eigenvalue weighted by Crippen LogP contribution is 2.18. The van der Waals surface area contributed by atoms with Crippen molar-refractivity contribution >= 4 is 5.91 Å². The predicted molar refractivity (Wildman–Crippen MR) is 92.1 cm³/mol. The molecule has 3 rings (SSSR count). The Morgan fingerprint density at radius 3 is 3.08 bits per heavy atom. The highest BCUT2D eigenvalue weighted by atomic mass is 19.1. The van der Waals surface area contributed by atoms with Crippen LogP contribution in [-0.4, -0.2) is 57.2 Å². The number of likely N-dealkylation sites (tertiary alicyclic amines) is 1. The number of hydrogen-bond acceptors (Lipinski definition) is 4. The van der Waals surface area contributed by atoms with Gasteiger partial charge in [0.25, 0.3) is 0 Å². The highest BCUT2D eigenvalue weighted by molar-refractivity contribution is 5.78. The van der Waals surface area contributed by atoms with Gasteiger partial charge in [-0.15, -0.1) is 0 Å². The third-order valence-corrected chi connectivity index (χ3v) is 4.61. The van der Waals surface area contributed by atoms with E-state index >= 15 is 0 Å². The van der Waals surface area contributed by atoms with Gasteiger partial charge in [0.1, 0.15) is 18.5 Å². The molecule has 1 aliphatic heterocycles. The van der Waals surface area contributed by atoms with E-state index in [0.717, 1.165) is 38.0 Å². The molecule has 2 heterocycles. The Hall–Kier alpha value is -2.28. The third-order valence-electron chi connectivity index (χ3n) is 4.61. The molecule has 0 N–H and O–H groups in total. The van der Waals surface area contributed by atoms with Gasteiger partial charge >= 0.3 is 0 Å². The average Bonchev–Trinajstić information content (AvgIpc) is 3.08. The van der Waals surface area contributed by atoms with Crippen LogP contribution < -0.4 is 0 Å². The maximum Gasteiger partial charge on any atom is 0.236 e. The molecule has 6 nitrogen and oxygen atoms in total. The van der Waals surface area contributed by atoms with Crippen LogP contribution in [0.15, 0.2) is 36.9 Å². The van der Waals surface area contributed by atoms with Gasteiger partial charge in [-0.2, -0.15) is 5.10 Å². The Morgan fingerprint density at radius 1 is 1.44 bits per heavy atom. The molecule has 1 amide bonds. The fraction of sp³-hybridized carbons (Fsp3) is 0.500. The van der Waals surface area contributed by atoms with Crippen LogP contribution in [-0.2, 0) is 17.9 Å². The number of carbonyl (C=O) groups excluding carboxylic acids is 1. The van der Waals surface area contributed by atoms with Crippen molar-refractivity contribution in [1.82, 2.24) is 24.6 Å². The molecule has 1 saturated heterocycles. The zero-order chi connectivity index (χ0) is 17.6. The molecule has 0 bridgehead atoms. The number of amides is 1. The minimum Gasteiger partial charge on any atom is -0.340 e. The van der Waals surface area contributed by atoms with E-state index in [1.165, 1.54) is 12.1 Å². The maximum atomic E-state index is 13.3. The highest BCUT2D eigenvalue weighted by Gasteiger charge is 2.23. The van der Waals surface area contributed by atoms with Crippen LogP contribution in [0.4, 0.5) is 4.39 Å². The van der Waals surface area contributed by atoms with Gasteiger partial charge in [-0.1, -0.05) is 12.1 Å². The lowest BCUT2D eigenvalue weighted by molar-refractivity contribution is -0.132. The summed E-state index contributed by atoms with van der Waals surface area (Å²) in [6, 6.07) is 6.39. The zero-order valence-electron chi connectivity index (χ0n) is 14.5. The van der Waals surface area contributed by atoms with E-state index in [-0.39, 0.29) is 11.7 Å². The summed E-state index contributed by atoms with van der Waals surface area (Å²) < 4.78 is 15.1. The van der Waals surface area contributed by atoms with Crippen LogP contribution in [0.1, 0.15) is 18.4 Å². The van der Waals surface area contributed by atoms with Gasteiger partial charge in [0.2, 0.25) is 5.91 Å². The number of halogens is 1. The van der Waals surface area contributed by atoms with Gasteiger partial charge in [0.05, 0.1) is 6.54 Å². The molecule has 2 aromatic rings. The number of benzene rings is 1. The van der Waals surface area contributed by atoms with E-state index in [0.29, 0.717) is 19.0 Å². The first-order chi connectivity index (χ1) is 12.1. The summed E-state index contributed by atoms with van der Waals surface area (Å²) in [5.41, 5.74) is 0.804. The molecule has 0 saturated carbocycles. The minimum absolute atomic E-state index is 0.0608. The number of rotatable bonds is 6. The van der Waals surface area contributed by atoms with E-state index in [1.807, 2.05) is 10.7 Å². The smallest absolute Gasteiger partial charge is 0.236 e. The lowest BCUT2D eigenvalue weighted by Gasteiger charge is -2.33. The van der Waals surface area contributed by atoms with E-state index < -0.39 is 0 Å². The quantitative estimate of drug-likeness (QED) is 0.801. The lowest BCUT2D eigenvalue weighted by atomic mass is 9.98. The van der Waals surface area contributed by atoms with Crippen molar-refractivity contribution in [2.24, 2.45) is 5.92 Å². The first-order valence-corrected chi connectivity index (χ1v) is 8.63. The van der Waals surface area contributed by atoms with E-state index in [2.05, 4.69) is 15.0 Å². The summed E-state index contributed by atoms with van der Waals surface area (Å²) in [7, 11) is 1.77. The summed E-state index contributed by atoms with van der Waals surface area (Å²) in [6.07, 6.45) is 5.51. The number of piperidine rings is 1. The Kier molecular flexibility index (Phi) is 5.75. The number of nitrogens with zero attached hydrogens (tertiary/aromatic N) is 5. The van der Waals surface area contributed by atoms with Crippen LogP contribution in [0.2, 0.25) is 0 Å². The van der Waals surface area contributed by atoms with Gasteiger partial charge in [0.15, 0.2) is 0 Å². The summed E-state index contributed by atoms with van der Waals surface area (Å²) in [4.78, 5) is 20.3. The molecule has 7 heteroatoms. The summed E-state index contributed by atoms with van der Waals surface area (Å²) in [5.74, 6) is 0.271. The van der Waals surface area contributed by atoms with Crippen molar-refractivity contribution in [3.05, 3.63) is 48.3 Å². The van der Waals surface area contributed by atoms with Crippen LogP contribution in [0, 0.1) is 11.7 Å². The van der Waals surface area contributed by atoms with Crippen molar-refractivity contribution in [3.63, 3.8) is 0 Å². The normalized spacial score (nSPS) is 18.2. The topological polar surface area (TPSA) is 54.3 Å². The standard InChI is InChI=1S/C18H24FN5O/c1-22(9-15-4-2-6-17(19)8-15)18(25)12-23-7-3-5-16(10-23)11-24-14-20-13-21-24/h2,4,6,8,13-14,16H,3,5,7,9-12H2,1H3/t16-/m0/s1. The number of hydrogen-bond donors (Lipinski definition) is 0. The zero-order valence-corrected chi connectivity index (χ0v) is 14.5. The van der Waals surface area contributed by atoms with E-state index in [1.54, 1.807) is 30.7 Å². The van der Waals surface area contributed by atoms with Gasteiger partial charge < -0.3 is 4.90 Å². The Labute approximate surface area is 147 Å². The van der Waals surface area contributed by atoms with E-state index in [4.69, 9.17) is 0 Å². The Balaban J connectivity index is 1.49. The third kappa shape index (κ3) is 5.09. The summed E-state index contributed by atoms with van der Waals surface area (Å²) in [5, 5.41) is 4.16. The molecular formula is C18H24FN5O. The van der Waals surface area contributed by atoms with Crippen molar-refractivity contribution in [1.29, 1.82) is 0 Å². The SMILES string of the molecule is CN(Cc1cccc(F)c1)C(=O)CN1CCC[C@H](Cn2cncn2)C1. The molecule has 1 aliphatic rings. The van der Waals surface area contributed by atoms with Crippen molar-refractivity contribution in [3.8, 4) is 0 Å². The molecule has 134 valence electrons. The molecule has 0 unspecified atom stereocenters. The molecule has 0 radical (unpaired) electrons. The molecule has 25 heavy (non-hydrogen) atoms. The van der Waals surface area contributed by atoms with Gasteiger partial charge in [-0.05, 0) is 43.0 Å². The van der Waals surface area contributed by atoms with Gasteiger partial charge in [-0.3, -0.25) is 14.4 Å². The summed E-state index contributed by atoms with van der Waals surface area (Å²) in [6.45, 7) is 3.49. The second-order valence-corrected chi connectivity index (χ2v) is 6.74. The van der Waals surface area contributed by atoms with Gasteiger partial charge in [-0.25, -0.2) is 9.37 Å². The Morgan fingerprint density at radius 2 is 2.32 bits per heavy atom. The minimum atomic E-state index is -0.273. The molecule has 1 aromatic carbocycles. The number of carbonyl (C=O) groups is 1. The lowest BCUT2D eigenvalue weighted by Crippen LogP contribution is -2.43. The summed E-state index contributed by atoms with van der Waals surface area (Å²) >= 11 is 0. The predicted octanol–water partition coefficient (Wildman–Crippen LogP) is 1.79. The van der Waals surface area contributed by atoms with Crippen LogP contribution >= 0.6 is 0 Å². The van der Waals surface area contributed by atoms with Crippen molar-refractivity contribution in [2.75, 3.05) is 26.7 Å². The van der Waals surface area contributed by atoms with Crippen molar-refractivity contribution < 1.29 is 9.18 Å². The molecule has 1 aromatic heterocycles. The first-order valence-electron chi connectivity index (χ1n) is 8.63. The molecule has 0 aliphatic carbocycles. The molecule has 0 spiro atoms. The fourth-order valence-electron chi connectivity index (χ4n) is 3.34. The Bertz CT molecular complexity index is 691. The molecule has 1 atom stereocenters. The second kappa shape index (κ2) is 8.20. The fourth-order valence-corrected chi connectivity index (χ4v) is 3.34. The number of aromatic nitrogens is 3. The van der Waals surface area contributed by atoms with E-state index in [9.17, 15) is 9.18 Å². The largest absolute Gasteiger partial charge is 0.340 e. The average molecular weight is 345 g/mol. The van der Waals surface area contributed by atoms with Crippen LogP contribution in [0.5, 0.6) is 0 Å². The van der Waals surface area contributed by atoms with Crippen molar-refractivity contribution in [2.45, 2.75) is 25.9 Å². The second-order valence-electron chi connectivity index (χ2n) is 6.74. The first kappa shape index (κ1) is 17.5. The maximum absolute atomic E-state index is 13.3. The van der Waals surface area contributed by atoms with Crippen LogP contribution in [0.3, 0.4) is 0 Å². The van der Waals surface area contributed by atoms with Crippen LogP contribution in [0.25, 0.3) is 0 Å². The monoisotopic (exact) mass is 345 g/mol. The molecular weight excluding hydrogens is 321 g/mol. The number of likely N-dealkylation sites (N-methyl/N-ethyl adjacent to an activating group) is 1.